The van der Waals surface area contributed by atoms with Crippen molar-refractivity contribution in [3.05, 3.63) is 53.7 Å². The molecule has 2 aromatic carbocycles. The topological polar surface area (TPSA) is 110 Å². The van der Waals surface area contributed by atoms with Crippen molar-refractivity contribution in [3.8, 4) is 5.75 Å². The lowest BCUT2D eigenvalue weighted by Gasteiger charge is -2.08. The number of aromatic nitrogens is 2. The summed E-state index contributed by atoms with van der Waals surface area (Å²) in [7, 11) is 0. The van der Waals surface area contributed by atoms with Crippen LogP contribution < -0.4 is 5.32 Å². The van der Waals surface area contributed by atoms with Gasteiger partial charge in [0.05, 0.1) is 29.7 Å². The summed E-state index contributed by atoms with van der Waals surface area (Å²) in [5, 5.41) is 28.1. The Kier molecular flexibility index (Phi) is 3.74. The summed E-state index contributed by atoms with van der Waals surface area (Å²) in [6.45, 7) is 0.850. The number of H-pyrrole nitrogens is 1. The quantitative estimate of drug-likeness (QED) is 0.426. The first kappa shape index (κ1) is 15.1. The van der Waals surface area contributed by atoms with Gasteiger partial charge in [0, 0.05) is 29.3 Å². The second-order valence-electron chi connectivity index (χ2n) is 5.69. The molecule has 4 N–H and O–H groups in total. The van der Waals surface area contributed by atoms with Crippen LogP contribution in [0.15, 0.2) is 52.6 Å². The standard InChI is InChI=1S/C18H16N6O/c19-5-6-20-15-4-1-11(8-17(15)25)16-10-21-18(23-16)12-2-3-14-13(7-12)9-22-24-14/h1-5,7-9,19-20,25H,6,10H2,(H,22,24). The van der Waals surface area contributed by atoms with E-state index in [1.54, 1.807) is 18.3 Å². The normalized spacial score (nSPS) is 13.6. The monoisotopic (exact) mass is 332 g/mol. The van der Waals surface area contributed by atoms with E-state index in [2.05, 4.69) is 25.5 Å². The number of nitrogens with zero attached hydrogens (tertiary/aromatic N) is 3. The predicted molar refractivity (Wildman–Crippen MR) is 99.4 cm³/mol. The van der Waals surface area contributed by atoms with Gasteiger partial charge in [-0.15, -0.1) is 0 Å². The van der Waals surface area contributed by atoms with E-state index in [4.69, 9.17) is 5.41 Å². The van der Waals surface area contributed by atoms with E-state index in [0.29, 0.717) is 24.6 Å². The number of fused-ring (bicyclic) bond motifs is 1. The van der Waals surface area contributed by atoms with Crippen molar-refractivity contribution >= 4 is 34.4 Å². The SMILES string of the molecule is N=CCNc1ccc(C2=NC(c3ccc4[nH]ncc4c3)=NC2)cc1O. The number of rotatable bonds is 5. The van der Waals surface area contributed by atoms with E-state index in [-0.39, 0.29) is 5.75 Å². The number of nitrogens with one attached hydrogen (secondary N) is 3. The van der Waals surface area contributed by atoms with Gasteiger partial charge < -0.3 is 15.8 Å². The smallest absolute Gasteiger partial charge is 0.155 e. The fraction of sp³-hybridized carbons (Fsp3) is 0.111. The van der Waals surface area contributed by atoms with E-state index in [0.717, 1.165) is 27.7 Å². The Morgan fingerprint density at radius 1 is 1.20 bits per heavy atom. The second kappa shape index (κ2) is 6.20. The van der Waals surface area contributed by atoms with Crippen LogP contribution in [0.1, 0.15) is 11.1 Å². The number of anilines is 1. The number of aromatic hydroxyl groups is 1. The highest BCUT2D eigenvalue weighted by Crippen LogP contribution is 2.25. The Bertz CT molecular complexity index is 1020. The van der Waals surface area contributed by atoms with Crippen molar-refractivity contribution in [1.29, 1.82) is 5.41 Å². The van der Waals surface area contributed by atoms with Gasteiger partial charge in [-0.1, -0.05) is 6.07 Å². The van der Waals surface area contributed by atoms with Crippen molar-refractivity contribution in [2.75, 3.05) is 18.4 Å². The third kappa shape index (κ3) is 2.87. The van der Waals surface area contributed by atoms with E-state index in [1.807, 2.05) is 24.3 Å². The molecular formula is C18H16N6O. The highest BCUT2D eigenvalue weighted by Gasteiger charge is 2.15. The molecule has 0 radical (unpaired) electrons. The van der Waals surface area contributed by atoms with Crippen molar-refractivity contribution in [2.45, 2.75) is 0 Å². The lowest BCUT2D eigenvalue weighted by atomic mass is 10.1. The first-order chi connectivity index (χ1) is 12.2. The fourth-order valence-corrected chi connectivity index (χ4v) is 2.76. The number of hydrogen-bond acceptors (Lipinski definition) is 6. The van der Waals surface area contributed by atoms with Crippen molar-refractivity contribution in [2.24, 2.45) is 9.98 Å². The summed E-state index contributed by atoms with van der Waals surface area (Å²) in [4.78, 5) is 9.13. The fourth-order valence-electron chi connectivity index (χ4n) is 2.76. The Morgan fingerprint density at radius 3 is 2.92 bits per heavy atom. The lowest BCUT2D eigenvalue weighted by Crippen LogP contribution is -2.05. The van der Waals surface area contributed by atoms with E-state index >= 15 is 0 Å². The number of hydrogen-bond donors (Lipinski definition) is 4. The Morgan fingerprint density at radius 2 is 2.08 bits per heavy atom. The molecule has 0 atom stereocenters. The van der Waals surface area contributed by atoms with Crippen molar-refractivity contribution in [3.63, 3.8) is 0 Å². The van der Waals surface area contributed by atoms with Gasteiger partial charge in [0.15, 0.2) is 5.84 Å². The highest BCUT2D eigenvalue weighted by atomic mass is 16.3. The highest BCUT2D eigenvalue weighted by molar-refractivity contribution is 6.17. The summed E-state index contributed by atoms with van der Waals surface area (Å²) in [5.41, 5.74) is 4.16. The van der Waals surface area contributed by atoms with Gasteiger partial charge in [-0.3, -0.25) is 10.1 Å². The van der Waals surface area contributed by atoms with E-state index < -0.39 is 0 Å². The molecule has 7 nitrogen and oxygen atoms in total. The molecule has 0 fully saturated rings. The van der Waals surface area contributed by atoms with Crippen molar-refractivity contribution < 1.29 is 5.11 Å². The molecule has 0 spiro atoms. The first-order valence-electron chi connectivity index (χ1n) is 7.86. The molecule has 0 saturated heterocycles. The zero-order valence-corrected chi connectivity index (χ0v) is 13.3. The number of phenolic OH excluding ortho intramolecular Hbond substituents is 1. The van der Waals surface area contributed by atoms with Crippen LogP contribution in [0.2, 0.25) is 0 Å². The molecule has 3 aromatic rings. The molecule has 0 aliphatic carbocycles. The molecular weight excluding hydrogens is 316 g/mol. The summed E-state index contributed by atoms with van der Waals surface area (Å²) in [5.74, 6) is 0.818. The number of amidine groups is 1. The summed E-state index contributed by atoms with van der Waals surface area (Å²) in [6, 6.07) is 11.3. The third-order valence-corrected chi connectivity index (χ3v) is 4.04. The second-order valence-corrected chi connectivity index (χ2v) is 5.69. The lowest BCUT2D eigenvalue weighted by molar-refractivity contribution is 0.477. The first-order valence-corrected chi connectivity index (χ1v) is 7.86. The van der Waals surface area contributed by atoms with Gasteiger partial charge in [0.25, 0.3) is 0 Å². The van der Waals surface area contributed by atoms with Crippen LogP contribution in [0, 0.1) is 5.41 Å². The summed E-state index contributed by atoms with van der Waals surface area (Å²) >= 11 is 0. The minimum atomic E-state index is 0.135. The van der Waals surface area contributed by atoms with Crippen LogP contribution in [0.25, 0.3) is 10.9 Å². The zero-order chi connectivity index (χ0) is 17.2. The van der Waals surface area contributed by atoms with Crippen LogP contribution in [-0.2, 0) is 0 Å². The third-order valence-electron chi connectivity index (χ3n) is 4.04. The molecule has 1 aliphatic heterocycles. The van der Waals surface area contributed by atoms with Crippen LogP contribution in [0.3, 0.4) is 0 Å². The van der Waals surface area contributed by atoms with Gasteiger partial charge in [-0.25, -0.2) is 4.99 Å². The Hall–Kier alpha value is -3.48. The van der Waals surface area contributed by atoms with Gasteiger partial charge in [-0.05, 0) is 30.3 Å². The summed E-state index contributed by atoms with van der Waals surface area (Å²) < 4.78 is 0. The number of aliphatic imine (C=N–C) groups is 2. The van der Waals surface area contributed by atoms with Crippen molar-refractivity contribution in [1.82, 2.24) is 10.2 Å². The molecule has 0 saturated carbocycles. The maximum atomic E-state index is 10.1. The number of aromatic amines is 1. The van der Waals surface area contributed by atoms with Gasteiger partial charge in [-0.2, -0.15) is 5.10 Å². The zero-order valence-electron chi connectivity index (χ0n) is 13.3. The summed E-state index contributed by atoms with van der Waals surface area (Å²) in [6.07, 6.45) is 3.02. The van der Waals surface area contributed by atoms with Gasteiger partial charge in [0.2, 0.25) is 0 Å². The molecule has 25 heavy (non-hydrogen) atoms. The minimum absolute atomic E-state index is 0.135. The maximum Gasteiger partial charge on any atom is 0.155 e. The van der Waals surface area contributed by atoms with Crippen LogP contribution in [0.4, 0.5) is 5.69 Å². The van der Waals surface area contributed by atoms with Crippen LogP contribution in [-0.4, -0.2) is 46.2 Å². The molecule has 0 unspecified atom stereocenters. The molecule has 1 aromatic heterocycles. The molecule has 0 bridgehead atoms. The molecule has 0 amide bonds. The largest absolute Gasteiger partial charge is 0.506 e. The van der Waals surface area contributed by atoms with Gasteiger partial charge in [0.1, 0.15) is 5.75 Å². The molecule has 124 valence electrons. The van der Waals surface area contributed by atoms with Crippen LogP contribution >= 0.6 is 0 Å². The number of benzene rings is 2. The molecule has 4 rings (SSSR count). The molecule has 7 heteroatoms. The molecule has 2 heterocycles. The predicted octanol–water partition coefficient (Wildman–Crippen LogP) is 2.58. The molecule has 1 aliphatic rings. The Balaban J connectivity index is 1.59. The average molecular weight is 332 g/mol. The van der Waals surface area contributed by atoms with E-state index in [9.17, 15) is 5.11 Å². The van der Waals surface area contributed by atoms with Crippen LogP contribution in [0.5, 0.6) is 5.75 Å². The maximum absolute atomic E-state index is 10.1. The Labute approximate surface area is 143 Å². The van der Waals surface area contributed by atoms with E-state index in [1.165, 1.54) is 6.21 Å². The number of phenols is 1. The average Bonchev–Trinajstić information content (AvgIpc) is 3.29. The minimum Gasteiger partial charge on any atom is -0.506 e. The van der Waals surface area contributed by atoms with Gasteiger partial charge >= 0.3 is 0 Å².